The predicted molar refractivity (Wildman–Crippen MR) is 173 cm³/mol. The number of allylic oxidation sites excluding steroid dienone is 1. The lowest BCUT2D eigenvalue weighted by atomic mass is 9.94. The first-order valence-corrected chi connectivity index (χ1v) is 16.3. The molecule has 3 N–H and O–H groups in total. The zero-order valence-electron chi connectivity index (χ0n) is 25.7. The number of carbonyl (C=O) groups is 3. The Morgan fingerprint density at radius 1 is 1.02 bits per heavy atom. The smallest absolute Gasteiger partial charge is 0.307 e. The first-order chi connectivity index (χ1) is 21.8. The number of piperazine rings is 1. The Hall–Kier alpha value is -4.03. The minimum absolute atomic E-state index is 0.0786. The predicted octanol–water partition coefficient (Wildman–Crippen LogP) is 3.34. The molecule has 0 bridgehead atoms. The number of anilines is 1. The lowest BCUT2D eigenvalue weighted by Crippen LogP contribution is -3.14. The maximum atomic E-state index is 14.2. The lowest BCUT2D eigenvalue weighted by Gasteiger charge is -2.37. The van der Waals surface area contributed by atoms with Gasteiger partial charge in [0, 0.05) is 75.4 Å². The van der Waals surface area contributed by atoms with Gasteiger partial charge >= 0.3 is 5.97 Å². The molecule has 12 heteroatoms. The van der Waals surface area contributed by atoms with E-state index in [0.717, 1.165) is 36.3 Å². The Balaban J connectivity index is 1.25. The van der Waals surface area contributed by atoms with Crippen LogP contribution in [-0.2, 0) is 14.3 Å². The summed E-state index contributed by atoms with van der Waals surface area (Å²) in [5.74, 6) is -0.973. The Morgan fingerprint density at radius 3 is 2.36 bits per heavy atom. The standard InChI is InChI=1S/C33H39FN6O4S/c1-22-29(32(43)36-17-16-28(41)44-2)45-33(40(22)25-8-4-3-5-9-25)37-31(42)24-14-12-23(13-15-24)30(35)39-20-18-38(19-21-39)27-11-7-6-10-26(27)34/h6-7,10-15,25,35H,3-5,8-9,16-21H2,1-2H3,(H,36,43)/p+1. The minimum atomic E-state index is -0.400. The molecule has 238 valence electrons. The van der Waals surface area contributed by atoms with Crippen LogP contribution in [0.25, 0.3) is 0 Å². The second kappa shape index (κ2) is 14.8. The summed E-state index contributed by atoms with van der Waals surface area (Å²) in [6.07, 6.45) is 5.43. The van der Waals surface area contributed by atoms with Crippen molar-refractivity contribution in [2.24, 2.45) is 4.99 Å². The van der Waals surface area contributed by atoms with Gasteiger partial charge in [0.2, 0.25) is 0 Å². The number of rotatable bonds is 8. The van der Waals surface area contributed by atoms with Gasteiger partial charge in [0.25, 0.3) is 17.0 Å². The van der Waals surface area contributed by atoms with Gasteiger partial charge < -0.3 is 19.9 Å². The van der Waals surface area contributed by atoms with Gasteiger partial charge in [-0.05, 0) is 37.1 Å². The Labute approximate surface area is 267 Å². The Morgan fingerprint density at radius 2 is 1.69 bits per heavy atom. The molecule has 2 amide bonds. The maximum Gasteiger partial charge on any atom is 0.307 e. The number of aliphatic imine (C=N–C) groups is 1. The number of amidine groups is 2. The molecule has 10 nitrogen and oxygen atoms in total. The molecule has 2 aliphatic heterocycles. The molecule has 1 atom stereocenters. The topological polar surface area (TPSA) is 120 Å². The number of ether oxygens (including phenoxy) is 1. The first-order valence-electron chi connectivity index (χ1n) is 15.4. The van der Waals surface area contributed by atoms with Crippen LogP contribution in [-0.4, -0.2) is 79.6 Å². The van der Waals surface area contributed by atoms with Gasteiger partial charge in [-0.2, -0.15) is 0 Å². The first kappa shape index (κ1) is 32.4. The van der Waals surface area contributed by atoms with Crippen LogP contribution < -0.4 is 15.1 Å². The molecule has 1 saturated heterocycles. The van der Waals surface area contributed by atoms with Crippen molar-refractivity contribution in [2.45, 2.75) is 51.5 Å². The van der Waals surface area contributed by atoms with Gasteiger partial charge in [0.15, 0.2) is 0 Å². The monoisotopic (exact) mass is 635 g/mol. The second-order valence-corrected chi connectivity index (χ2v) is 12.5. The van der Waals surface area contributed by atoms with Crippen molar-refractivity contribution in [3.8, 4) is 0 Å². The summed E-state index contributed by atoms with van der Waals surface area (Å²) in [6, 6.07) is 13.9. The van der Waals surface area contributed by atoms with Crippen molar-refractivity contribution in [1.29, 1.82) is 5.41 Å². The molecule has 2 fully saturated rings. The number of amides is 2. The van der Waals surface area contributed by atoms with E-state index in [1.54, 1.807) is 36.4 Å². The minimum Gasteiger partial charge on any atom is -0.469 e. The number of carbonyl (C=O) groups excluding carboxylic acids is 3. The van der Waals surface area contributed by atoms with Crippen LogP contribution in [0.15, 0.2) is 64.1 Å². The largest absolute Gasteiger partial charge is 0.469 e. The van der Waals surface area contributed by atoms with Crippen LogP contribution in [0, 0.1) is 11.2 Å². The van der Waals surface area contributed by atoms with E-state index < -0.39 is 11.9 Å². The zero-order valence-corrected chi connectivity index (χ0v) is 26.6. The summed E-state index contributed by atoms with van der Waals surface area (Å²) in [6.45, 7) is 4.46. The molecule has 45 heavy (non-hydrogen) atoms. The molecular formula is C33H40FN6O4S+. The average molecular weight is 636 g/mol. The summed E-state index contributed by atoms with van der Waals surface area (Å²) in [5.41, 5.74) is 2.51. The zero-order chi connectivity index (χ0) is 31.9. The number of nitrogens with zero attached hydrogens (tertiary/aromatic N) is 3. The van der Waals surface area contributed by atoms with Gasteiger partial charge in [0.1, 0.15) is 22.3 Å². The number of para-hydroxylation sites is 1. The van der Waals surface area contributed by atoms with Crippen molar-refractivity contribution in [2.75, 3.05) is 44.7 Å². The molecule has 3 aliphatic rings. The molecule has 2 heterocycles. The highest BCUT2D eigenvalue weighted by atomic mass is 32.2. The number of thioether (sulfide) groups is 1. The van der Waals surface area contributed by atoms with E-state index in [1.807, 2.05) is 22.8 Å². The number of esters is 1. The number of hydrogen-bond acceptors (Lipinski definition) is 7. The van der Waals surface area contributed by atoms with E-state index >= 15 is 0 Å². The van der Waals surface area contributed by atoms with Gasteiger partial charge in [-0.3, -0.25) is 19.8 Å². The summed E-state index contributed by atoms with van der Waals surface area (Å²) in [4.78, 5) is 47.9. The fourth-order valence-electron chi connectivity index (χ4n) is 6.13. The van der Waals surface area contributed by atoms with Gasteiger partial charge in [-0.15, -0.1) is 4.99 Å². The van der Waals surface area contributed by atoms with E-state index in [-0.39, 0.29) is 30.7 Å². The highest BCUT2D eigenvalue weighted by Crippen LogP contribution is 2.27. The molecule has 2 aromatic rings. The molecule has 2 aromatic carbocycles. The number of benzene rings is 2. The summed E-state index contributed by atoms with van der Waals surface area (Å²) in [7, 11) is 1.31. The third kappa shape index (κ3) is 7.62. The van der Waals surface area contributed by atoms with Gasteiger partial charge in [-0.1, -0.05) is 30.7 Å². The number of methoxy groups -OCH3 is 1. The normalized spacial score (nSPS) is 20.0. The van der Waals surface area contributed by atoms with Gasteiger partial charge in [-0.25, -0.2) is 9.29 Å². The fourth-order valence-corrected chi connectivity index (χ4v) is 7.31. The van der Waals surface area contributed by atoms with Crippen LogP contribution in [0.3, 0.4) is 0 Å². The highest BCUT2D eigenvalue weighted by Gasteiger charge is 2.42. The quantitative estimate of drug-likeness (QED) is 0.231. The highest BCUT2D eigenvalue weighted by molar-refractivity contribution is 8.17. The van der Waals surface area contributed by atoms with Crippen LogP contribution >= 0.6 is 11.8 Å². The van der Waals surface area contributed by atoms with E-state index in [9.17, 15) is 18.8 Å². The van der Waals surface area contributed by atoms with E-state index in [0.29, 0.717) is 58.9 Å². The van der Waals surface area contributed by atoms with E-state index in [2.05, 4.69) is 15.0 Å². The number of quaternary nitrogens is 1. The molecule has 0 spiro atoms. The molecule has 0 aromatic heterocycles. The molecular weight excluding hydrogens is 595 g/mol. The summed E-state index contributed by atoms with van der Waals surface area (Å²) >= 11 is 1.22. The summed E-state index contributed by atoms with van der Waals surface area (Å²) in [5, 5.41) is 12.1. The van der Waals surface area contributed by atoms with Crippen molar-refractivity contribution in [1.82, 2.24) is 10.2 Å². The van der Waals surface area contributed by atoms with Crippen molar-refractivity contribution in [3.63, 3.8) is 0 Å². The van der Waals surface area contributed by atoms with Crippen LogP contribution in [0.2, 0.25) is 0 Å². The Bertz CT molecular complexity index is 1500. The number of halogens is 1. The van der Waals surface area contributed by atoms with Crippen molar-refractivity contribution < 1.29 is 28.4 Å². The molecule has 1 unspecified atom stereocenters. The van der Waals surface area contributed by atoms with Crippen LogP contribution in [0.1, 0.15) is 61.4 Å². The number of nitrogens with one attached hydrogen (secondary N) is 3. The van der Waals surface area contributed by atoms with E-state index in [1.165, 1.54) is 31.4 Å². The molecule has 1 saturated carbocycles. The maximum absolute atomic E-state index is 14.2. The van der Waals surface area contributed by atoms with E-state index in [4.69, 9.17) is 5.41 Å². The SMILES string of the molecule is COC(=O)CCNC(=O)C1=C(C)[NH+](C2CCCCC2)C(=NC(=O)c2ccc(C(=N)N3CCN(c4ccccc4F)CC3)cc2)S1. The fraction of sp³-hybridized carbons (Fsp3) is 0.424. The van der Waals surface area contributed by atoms with Gasteiger partial charge in [0.05, 0.1) is 25.3 Å². The van der Waals surface area contributed by atoms with Crippen LogP contribution in [0.5, 0.6) is 0 Å². The third-order valence-electron chi connectivity index (χ3n) is 8.63. The molecule has 1 aliphatic carbocycles. The molecule has 0 radical (unpaired) electrons. The number of hydrogen-bond donors (Lipinski definition) is 3. The Kier molecular flexibility index (Phi) is 10.7. The van der Waals surface area contributed by atoms with Crippen molar-refractivity contribution in [3.05, 3.63) is 76.1 Å². The average Bonchev–Trinajstić information content (AvgIpc) is 3.40. The lowest BCUT2D eigenvalue weighted by molar-refractivity contribution is -0.790. The summed E-state index contributed by atoms with van der Waals surface area (Å²) < 4.78 is 18.9. The third-order valence-corrected chi connectivity index (χ3v) is 9.83. The molecule has 5 rings (SSSR count). The second-order valence-electron chi connectivity index (χ2n) is 11.5. The van der Waals surface area contributed by atoms with Crippen molar-refractivity contribution >= 4 is 46.2 Å². The van der Waals surface area contributed by atoms with Crippen LogP contribution in [0.4, 0.5) is 10.1 Å².